The molecule has 0 amide bonds. The van der Waals surface area contributed by atoms with Gasteiger partial charge >= 0.3 is 0 Å². The summed E-state index contributed by atoms with van der Waals surface area (Å²) in [5.41, 5.74) is 1.46. The molecule has 0 heterocycles. The van der Waals surface area contributed by atoms with Gasteiger partial charge < -0.3 is 12.2 Å². The Morgan fingerprint density at radius 1 is 0.839 bits per heavy atom. The van der Waals surface area contributed by atoms with E-state index >= 15 is 0 Å². The SMILES string of the molecule is C=CC(C)(C)C.CC#CC(C)(C)C.CCC(C)(C)C.CCl.COCCC(C)(C)C.[CH3-].[Y]. The van der Waals surface area contributed by atoms with Crippen LogP contribution < -0.4 is 0 Å². The van der Waals surface area contributed by atoms with Crippen molar-refractivity contribution >= 4 is 11.6 Å². The van der Waals surface area contributed by atoms with E-state index in [0.717, 1.165) is 13.0 Å². The van der Waals surface area contributed by atoms with Crippen molar-refractivity contribution in [2.24, 2.45) is 21.7 Å². The van der Waals surface area contributed by atoms with Crippen LogP contribution in [0.4, 0.5) is 0 Å². The van der Waals surface area contributed by atoms with Crippen LogP contribution in [0.15, 0.2) is 12.7 Å². The number of hydrogen-bond acceptors (Lipinski definition) is 1. The fourth-order valence-electron chi connectivity index (χ4n) is 0.783. The average molecular weight is 537 g/mol. The molecule has 0 spiro atoms. The van der Waals surface area contributed by atoms with Gasteiger partial charge in [-0.15, -0.1) is 24.1 Å². The molecule has 0 fully saturated rings. The molecular weight excluding hydrogens is 477 g/mol. The predicted octanol–water partition coefficient (Wildman–Crippen LogP) is 10.1. The summed E-state index contributed by atoms with van der Waals surface area (Å²) in [4.78, 5) is 0. The molecular formula is C28H60ClOY-. The van der Waals surface area contributed by atoms with Gasteiger partial charge in [0.25, 0.3) is 0 Å². The molecule has 1 radical (unpaired) electrons. The van der Waals surface area contributed by atoms with Gasteiger partial charge in [-0.2, -0.15) is 0 Å². The number of rotatable bonds is 2. The Labute approximate surface area is 231 Å². The minimum Gasteiger partial charge on any atom is -0.385 e. The van der Waals surface area contributed by atoms with Crippen LogP contribution in [0.5, 0.6) is 0 Å². The van der Waals surface area contributed by atoms with Gasteiger partial charge in [-0.25, -0.2) is 0 Å². The molecule has 189 valence electrons. The van der Waals surface area contributed by atoms with Crippen molar-refractivity contribution in [3.05, 3.63) is 20.1 Å². The standard InChI is InChI=1S/C7H16O.C7H12.C6H14.C6H12.CH3Cl.CH3.Y/c1-7(2,3)5-6-8-4;1-5-6-7(2,3)4;2*1-5-6(2,3)4;1-2;;/h5-6H2,1-4H3;1-4H3;5H2,1-4H3;5H,1H2,2-4H3;1H3;1H3;/q;;;;;-1;. The first-order valence-corrected chi connectivity index (χ1v) is 11.4. The molecule has 0 aromatic rings. The molecule has 0 rings (SSSR count). The molecule has 0 bridgehead atoms. The smallest absolute Gasteiger partial charge is 0.0467 e. The van der Waals surface area contributed by atoms with Crippen LogP contribution in [-0.4, -0.2) is 20.1 Å². The molecule has 0 atom stereocenters. The normalized spacial score (nSPS) is 9.97. The van der Waals surface area contributed by atoms with Gasteiger partial charge in [0.15, 0.2) is 0 Å². The van der Waals surface area contributed by atoms with Crippen LogP contribution in [0.3, 0.4) is 0 Å². The van der Waals surface area contributed by atoms with Crippen LogP contribution in [0.2, 0.25) is 0 Å². The third-order valence-electron chi connectivity index (χ3n) is 3.23. The maximum atomic E-state index is 4.92. The van der Waals surface area contributed by atoms with Gasteiger partial charge in [-0.1, -0.05) is 87.7 Å². The van der Waals surface area contributed by atoms with E-state index in [1.54, 1.807) is 7.11 Å². The van der Waals surface area contributed by atoms with Crippen LogP contribution in [-0.2, 0) is 37.4 Å². The van der Waals surface area contributed by atoms with Crippen molar-refractivity contribution in [3.8, 4) is 11.8 Å². The number of hydrogen-bond donors (Lipinski definition) is 0. The predicted molar refractivity (Wildman–Crippen MR) is 146 cm³/mol. The first kappa shape index (κ1) is 48.9. The molecule has 0 aromatic carbocycles. The zero-order valence-electron chi connectivity index (χ0n) is 24.8. The monoisotopic (exact) mass is 536 g/mol. The van der Waals surface area contributed by atoms with Gasteiger partial charge in [0, 0.05) is 58.2 Å². The van der Waals surface area contributed by atoms with Crippen LogP contribution in [0.1, 0.15) is 110 Å². The van der Waals surface area contributed by atoms with E-state index < -0.39 is 0 Å². The Hall–Kier alpha value is 0.654. The summed E-state index contributed by atoms with van der Waals surface area (Å²) >= 11 is 4.64. The summed E-state index contributed by atoms with van der Waals surface area (Å²) in [5, 5.41) is 0. The average Bonchev–Trinajstić information content (AvgIpc) is 2.53. The zero-order valence-corrected chi connectivity index (χ0v) is 28.4. The fraction of sp³-hybridized carbons (Fsp3) is 0.821. The first-order valence-electron chi connectivity index (χ1n) is 10.7. The van der Waals surface area contributed by atoms with Crippen molar-refractivity contribution in [1.29, 1.82) is 0 Å². The number of allylic oxidation sites excluding steroid dienone is 1. The molecule has 31 heavy (non-hydrogen) atoms. The Balaban J connectivity index is -0.0000000475. The maximum absolute atomic E-state index is 4.92. The van der Waals surface area contributed by atoms with Gasteiger partial charge in [0.2, 0.25) is 0 Å². The summed E-state index contributed by atoms with van der Waals surface area (Å²) in [6.45, 7) is 34.6. The van der Waals surface area contributed by atoms with E-state index in [0.29, 0.717) is 16.2 Å². The van der Waals surface area contributed by atoms with E-state index in [9.17, 15) is 0 Å². The summed E-state index contributed by atoms with van der Waals surface area (Å²) in [6, 6.07) is 0. The van der Waals surface area contributed by atoms with Crippen LogP contribution >= 0.6 is 11.6 Å². The van der Waals surface area contributed by atoms with Gasteiger partial charge in [0.05, 0.1) is 0 Å². The Morgan fingerprint density at radius 2 is 1.13 bits per heavy atom. The second-order valence-corrected chi connectivity index (χ2v) is 11.4. The summed E-state index contributed by atoms with van der Waals surface area (Å²) in [5.74, 6) is 5.89. The second kappa shape index (κ2) is 26.9. The minimum absolute atomic E-state index is 0. The second-order valence-electron chi connectivity index (χ2n) is 11.4. The van der Waals surface area contributed by atoms with E-state index in [4.69, 9.17) is 4.74 Å². The third-order valence-corrected chi connectivity index (χ3v) is 3.23. The van der Waals surface area contributed by atoms with Gasteiger partial charge in [-0.05, 0) is 50.4 Å². The zero-order chi connectivity index (χ0) is 24.9. The van der Waals surface area contributed by atoms with Crippen LogP contribution in [0, 0.1) is 40.9 Å². The van der Waals surface area contributed by atoms with Crippen molar-refractivity contribution in [2.45, 2.75) is 110 Å². The summed E-state index contributed by atoms with van der Waals surface area (Å²) in [6.07, 6.45) is 5.82. The first-order chi connectivity index (χ1) is 12.7. The van der Waals surface area contributed by atoms with Crippen molar-refractivity contribution < 1.29 is 37.4 Å². The molecule has 0 unspecified atom stereocenters. The molecule has 0 aliphatic heterocycles. The van der Waals surface area contributed by atoms with Gasteiger partial charge in [0.1, 0.15) is 0 Å². The largest absolute Gasteiger partial charge is 0.385 e. The molecule has 1 nitrogen and oxygen atoms in total. The van der Waals surface area contributed by atoms with Crippen LogP contribution in [0.25, 0.3) is 0 Å². The molecule has 0 saturated heterocycles. The third kappa shape index (κ3) is 103. The van der Waals surface area contributed by atoms with E-state index in [1.165, 1.54) is 12.8 Å². The van der Waals surface area contributed by atoms with E-state index in [-0.39, 0.29) is 45.6 Å². The summed E-state index contributed by atoms with van der Waals surface area (Å²) < 4.78 is 4.92. The van der Waals surface area contributed by atoms with E-state index in [1.807, 2.05) is 13.0 Å². The number of alkyl halides is 1. The topological polar surface area (TPSA) is 9.23 Å². The molecule has 3 heteroatoms. The van der Waals surface area contributed by atoms with E-state index in [2.05, 4.69) is 120 Å². The van der Waals surface area contributed by atoms with Crippen molar-refractivity contribution in [2.75, 3.05) is 20.1 Å². The molecule has 0 aliphatic rings. The number of ether oxygens (including phenoxy) is 1. The Kier molecular flexibility index (Phi) is 42.5. The fourth-order valence-corrected chi connectivity index (χ4v) is 0.783. The molecule has 0 saturated carbocycles. The van der Waals surface area contributed by atoms with Gasteiger partial charge in [-0.3, -0.25) is 0 Å². The van der Waals surface area contributed by atoms with Crippen molar-refractivity contribution in [3.63, 3.8) is 0 Å². The number of halogens is 1. The Morgan fingerprint density at radius 3 is 1.16 bits per heavy atom. The summed E-state index contributed by atoms with van der Waals surface area (Å²) in [7, 11) is 1.74. The number of methoxy groups -OCH3 is 1. The minimum atomic E-state index is 0. The molecule has 0 N–H and O–H groups in total. The Bertz CT molecular complexity index is 390. The molecule has 0 aromatic heterocycles. The quantitative estimate of drug-likeness (QED) is 0.148. The molecule has 0 aliphatic carbocycles. The van der Waals surface area contributed by atoms with Crippen molar-refractivity contribution in [1.82, 2.24) is 0 Å². The maximum Gasteiger partial charge on any atom is 0.0467 e.